The van der Waals surface area contributed by atoms with Gasteiger partial charge in [-0.25, -0.2) is 0 Å². The van der Waals surface area contributed by atoms with Gasteiger partial charge in [-0.1, -0.05) is 43.5 Å². The fourth-order valence-corrected chi connectivity index (χ4v) is 3.26. The van der Waals surface area contributed by atoms with Gasteiger partial charge in [0.1, 0.15) is 0 Å². The molecule has 0 unspecified atom stereocenters. The van der Waals surface area contributed by atoms with Gasteiger partial charge in [-0.15, -0.1) is 0 Å². The molecule has 88 valence electrons. The Morgan fingerprint density at radius 1 is 0.824 bits per heavy atom. The third-order valence-corrected chi connectivity index (χ3v) is 4.14. The molecule has 2 heteroatoms. The van der Waals surface area contributed by atoms with Crippen LogP contribution in [0.25, 0.3) is 0 Å². The number of hydrogen-bond acceptors (Lipinski definition) is 2. The zero-order chi connectivity index (χ0) is 11.8. The molecule has 0 amide bonds. The zero-order valence-corrected chi connectivity index (χ0v) is 9.82. The van der Waals surface area contributed by atoms with Crippen LogP contribution < -0.4 is 0 Å². The second-order valence-electron chi connectivity index (χ2n) is 5.15. The first-order valence-corrected chi connectivity index (χ1v) is 6.46. The van der Waals surface area contributed by atoms with Gasteiger partial charge < -0.3 is 0 Å². The average molecular weight is 228 g/mol. The monoisotopic (exact) mass is 228 g/mol. The van der Waals surface area contributed by atoms with E-state index in [1.54, 1.807) is 12.1 Å². The maximum atomic E-state index is 12.3. The summed E-state index contributed by atoms with van der Waals surface area (Å²) >= 11 is 0. The molecule has 0 saturated heterocycles. The smallest absolute Gasteiger partial charge is 0.174 e. The Kier molecular flexibility index (Phi) is 2.58. The van der Waals surface area contributed by atoms with Crippen molar-refractivity contribution in [1.82, 2.24) is 0 Å². The molecule has 1 aromatic carbocycles. The highest BCUT2D eigenvalue weighted by Crippen LogP contribution is 2.38. The summed E-state index contributed by atoms with van der Waals surface area (Å²) in [4.78, 5) is 24.6. The molecule has 0 heterocycles. The van der Waals surface area contributed by atoms with Gasteiger partial charge in [-0.3, -0.25) is 9.59 Å². The predicted molar refractivity (Wildman–Crippen MR) is 65.2 cm³/mol. The van der Waals surface area contributed by atoms with E-state index < -0.39 is 0 Å². The van der Waals surface area contributed by atoms with Gasteiger partial charge in [0.2, 0.25) is 0 Å². The molecule has 0 aliphatic heterocycles. The van der Waals surface area contributed by atoms with Crippen LogP contribution in [0.3, 0.4) is 0 Å². The highest BCUT2D eigenvalue weighted by molar-refractivity contribution is 6.26. The van der Waals surface area contributed by atoms with Crippen LogP contribution >= 0.6 is 0 Å². The number of carbonyl (C=O) groups is 2. The molecule has 0 aromatic heterocycles. The van der Waals surface area contributed by atoms with Crippen LogP contribution in [0.5, 0.6) is 0 Å². The van der Waals surface area contributed by atoms with Crippen LogP contribution in [-0.2, 0) is 0 Å². The predicted octanol–water partition coefficient (Wildman–Crippen LogP) is 3.26. The highest BCUT2D eigenvalue weighted by Gasteiger charge is 2.42. The Morgan fingerprint density at radius 3 is 1.88 bits per heavy atom. The Balaban J connectivity index is 1.94. The molecule has 0 bridgehead atoms. The normalized spacial score (nSPS) is 21.9. The van der Waals surface area contributed by atoms with Gasteiger partial charge >= 0.3 is 0 Å². The molecular formula is C15H16O2. The fourth-order valence-electron chi connectivity index (χ4n) is 3.26. The number of hydrogen-bond donors (Lipinski definition) is 0. The van der Waals surface area contributed by atoms with Crippen molar-refractivity contribution in [3.8, 4) is 0 Å². The minimum absolute atomic E-state index is 0.0671. The molecule has 0 N–H and O–H groups in total. The zero-order valence-electron chi connectivity index (χ0n) is 9.82. The van der Waals surface area contributed by atoms with Crippen LogP contribution in [0, 0.1) is 11.8 Å². The molecule has 2 nitrogen and oxygen atoms in total. The molecule has 0 spiro atoms. The van der Waals surface area contributed by atoms with E-state index in [0.29, 0.717) is 11.1 Å². The van der Waals surface area contributed by atoms with Gasteiger partial charge in [0.15, 0.2) is 11.6 Å². The molecule has 2 aliphatic carbocycles. The molecule has 2 aliphatic rings. The Morgan fingerprint density at radius 2 is 1.35 bits per heavy atom. The summed E-state index contributed by atoms with van der Waals surface area (Å²) in [5, 5.41) is 0. The lowest BCUT2D eigenvalue weighted by atomic mass is 9.78. The minimum atomic E-state index is -0.368. The summed E-state index contributed by atoms with van der Waals surface area (Å²) in [6, 6.07) is 7.26. The van der Waals surface area contributed by atoms with Crippen molar-refractivity contribution in [1.29, 1.82) is 0 Å². The summed E-state index contributed by atoms with van der Waals surface area (Å²) in [5.74, 6) is 0.0545. The Hall–Kier alpha value is -1.44. The highest BCUT2D eigenvalue weighted by atomic mass is 16.2. The number of rotatable bonds is 1. The van der Waals surface area contributed by atoms with E-state index in [4.69, 9.17) is 0 Å². The summed E-state index contributed by atoms with van der Waals surface area (Å²) in [6.07, 6.45) is 5.65. The molecule has 3 rings (SSSR count). The first-order chi connectivity index (χ1) is 8.29. The lowest BCUT2D eigenvalue weighted by molar-refractivity contribution is 0.0757. The Labute approximate surface area is 101 Å². The van der Waals surface area contributed by atoms with Crippen molar-refractivity contribution in [3.05, 3.63) is 35.4 Å². The first kappa shape index (κ1) is 10.7. The Bertz CT molecular complexity index is 435. The molecule has 1 fully saturated rings. The van der Waals surface area contributed by atoms with Gasteiger partial charge in [0, 0.05) is 11.1 Å². The van der Waals surface area contributed by atoms with Crippen molar-refractivity contribution >= 4 is 11.6 Å². The van der Waals surface area contributed by atoms with E-state index in [0.717, 1.165) is 25.7 Å². The SMILES string of the molecule is O=C1c2ccccc2C(=O)C1C1CCCCC1. The average Bonchev–Trinajstić information content (AvgIpc) is 2.64. The first-order valence-electron chi connectivity index (χ1n) is 6.46. The molecular weight excluding hydrogens is 212 g/mol. The van der Waals surface area contributed by atoms with Crippen LogP contribution in [0.15, 0.2) is 24.3 Å². The second kappa shape index (κ2) is 4.10. The van der Waals surface area contributed by atoms with E-state index in [1.807, 2.05) is 12.1 Å². The van der Waals surface area contributed by atoms with E-state index in [9.17, 15) is 9.59 Å². The number of ketones is 2. The molecule has 1 aromatic rings. The van der Waals surface area contributed by atoms with Crippen LogP contribution in [0.4, 0.5) is 0 Å². The van der Waals surface area contributed by atoms with Gasteiger partial charge in [-0.2, -0.15) is 0 Å². The topological polar surface area (TPSA) is 34.1 Å². The standard InChI is InChI=1S/C15H16O2/c16-14-11-8-4-5-9-12(11)15(17)13(14)10-6-2-1-3-7-10/h4-5,8-10,13H,1-3,6-7H2. The summed E-state index contributed by atoms with van der Waals surface area (Å²) in [7, 11) is 0. The third-order valence-electron chi connectivity index (χ3n) is 4.14. The van der Waals surface area contributed by atoms with Crippen LogP contribution in [0.2, 0.25) is 0 Å². The van der Waals surface area contributed by atoms with E-state index in [2.05, 4.69) is 0 Å². The van der Waals surface area contributed by atoms with Crippen LogP contribution in [0.1, 0.15) is 52.8 Å². The van der Waals surface area contributed by atoms with Crippen molar-refractivity contribution in [2.45, 2.75) is 32.1 Å². The van der Waals surface area contributed by atoms with E-state index >= 15 is 0 Å². The minimum Gasteiger partial charge on any atom is -0.293 e. The lowest BCUT2D eigenvalue weighted by Gasteiger charge is -2.25. The van der Waals surface area contributed by atoms with Crippen LogP contribution in [-0.4, -0.2) is 11.6 Å². The largest absolute Gasteiger partial charge is 0.293 e. The third kappa shape index (κ3) is 1.63. The van der Waals surface area contributed by atoms with Crippen molar-refractivity contribution in [2.24, 2.45) is 11.8 Å². The van der Waals surface area contributed by atoms with E-state index in [-0.39, 0.29) is 23.4 Å². The van der Waals surface area contributed by atoms with Gasteiger partial charge in [0.25, 0.3) is 0 Å². The van der Waals surface area contributed by atoms with Gasteiger partial charge in [0.05, 0.1) is 5.92 Å². The van der Waals surface area contributed by atoms with Crippen molar-refractivity contribution in [2.75, 3.05) is 0 Å². The number of Topliss-reactive ketones (excluding diaryl/α,β-unsaturated/α-hetero) is 2. The van der Waals surface area contributed by atoms with E-state index in [1.165, 1.54) is 6.42 Å². The quantitative estimate of drug-likeness (QED) is 0.691. The van der Waals surface area contributed by atoms with Crippen molar-refractivity contribution in [3.63, 3.8) is 0 Å². The number of benzene rings is 1. The molecule has 17 heavy (non-hydrogen) atoms. The van der Waals surface area contributed by atoms with Crippen molar-refractivity contribution < 1.29 is 9.59 Å². The fraction of sp³-hybridized carbons (Fsp3) is 0.467. The molecule has 0 atom stereocenters. The summed E-state index contributed by atoms with van der Waals surface area (Å²) in [5.41, 5.74) is 1.29. The molecule has 0 radical (unpaired) electrons. The summed E-state index contributed by atoms with van der Waals surface area (Å²) in [6.45, 7) is 0. The maximum absolute atomic E-state index is 12.3. The van der Waals surface area contributed by atoms with Gasteiger partial charge in [-0.05, 0) is 18.8 Å². The lowest BCUT2D eigenvalue weighted by Crippen LogP contribution is -2.27. The molecule has 1 saturated carbocycles. The summed E-state index contributed by atoms with van der Waals surface area (Å²) < 4.78 is 0. The second-order valence-corrected chi connectivity index (χ2v) is 5.15. The number of carbonyl (C=O) groups excluding carboxylic acids is 2. The number of fused-ring (bicyclic) bond motifs is 1. The maximum Gasteiger partial charge on any atom is 0.174 e.